The molecule has 1 N–H and O–H groups in total. The van der Waals surface area contributed by atoms with Crippen molar-refractivity contribution >= 4 is 5.82 Å². The van der Waals surface area contributed by atoms with E-state index in [1.165, 1.54) is 12.1 Å². The van der Waals surface area contributed by atoms with Crippen molar-refractivity contribution < 1.29 is 4.39 Å². The van der Waals surface area contributed by atoms with Gasteiger partial charge in [0.25, 0.3) is 0 Å². The minimum atomic E-state index is -0.285. The number of halogens is 1. The Balaban J connectivity index is 2.48. The van der Waals surface area contributed by atoms with Crippen molar-refractivity contribution in [1.82, 2.24) is 9.97 Å². The van der Waals surface area contributed by atoms with Crippen LogP contribution in [-0.2, 0) is 0 Å². The lowest BCUT2D eigenvalue weighted by Gasteiger charge is -2.06. The molecule has 1 aromatic heterocycles. The highest BCUT2D eigenvalue weighted by atomic mass is 19.1. The summed E-state index contributed by atoms with van der Waals surface area (Å²) in [5.74, 6) is 0.997. The number of nitrogens with one attached hydrogen (secondary N) is 1. The molecule has 0 atom stereocenters. The van der Waals surface area contributed by atoms with Crippen molar-refractivity contribution in [3.05, 3.63) is 41.8 Å². The molecule has 3 nitrogen and oxygen atoms in total. The van der Waals surface area contributed by atoms with Gasteiger partial charge in [-0.15, -0.1) is 0 Å². The first-order valence-corrected chi connectivity index (χ1v) is 4.98. The Labute approximate surface area is 93.4 Å². The summed E-state index contributed by atoms with van der Waals surface area (Å²) in [7, 11) is 1.80. The molecule has 2 aromatic rings. The zero-order chi connectivity index (χ0) is 11.5. The molecule has 0 aliphatic rings. The third-order valence-electron chi connectivity index (χ3n) is 2.29. The Kier molecular flexibility index (Phi) is 2.81. The standard InChI is InChI=1S/C12H12FN3/c1-8-7-15-12(16-11(8)14-2)9-4-3-5-10(13)6-9/h3-7H,1-2H3,(H,14,15,16). The first kappa shape index (κ1) is 10.5. The summed E-state index contributed by atoms with van der Waals surface area (Å²) in [4.78, 5) is 8.49. The monoisotopic (exact) mass is 217 g/mol. The Hall–Kier alpha value is -1.97. The highest BCUT2D eigenvalue weighted by Crippen LogP contribution is 2.19. The van der Waals surface area contributed by atoms with Crippen LogP contribution in [0.4, 0.5) is 10.2 Å². The topological polar surface area (TPSA) is 37.8 Å². The average Bonchev–Trinajstić information content (AvgIpc) is 2.29. The van der Waals surface area contributed by atoms with Gasteiger partial charge in [-0.25, -0.2) is 14.4 Å². The van der Waals surface area contributed by atoms with E-state index in [1.54, 1.807) is 25.4 Å². The second-order valence-corrected chi connectivity index (χ2v) is 3.49. The van der Waals surface area contributed by atoms with Crippen molar-refractivity contribution in [3.8, 4) is 11.4 Å². The number of aromatic nitrogens is 2. The van der Waals surface area contributed by atoms with Crippen LogP contribution in [0.1, 0.15) is 5.56 Å². The van der Waals surface area contributed by atoms with E-state index in [9.17, 15) is 4.39 Å². The smallest absolute Gasteiger partial charge is 0.161 e. The van der Waals surface area contributed by atoms with Gasteiger partial charge in [-0.2, -0.15) is 0 Å². The zero-order valence-electron chi connectivity index (χ0n) is 9.16. The van der Waals surface area contributed by atoms with Gasteiger partial charge in [0, 0.05) is 24.4 Å². The predicted octanol–water partition coefficient (Wildman–Crippen LogP) is 2.63. The van der Waals surface area contributed by atoms with Gasteiger partial charge in [-0.05, 0) is 19.1 Å². The fourth-order valence-electron chi connectivity index (χ4n) is 1.46. The summed E-state index contributed by atoms with van der Waals surface area (Å²) < 4.78 is 13.0. The normalized spacial score (nSPS) is 10.2. The molecule has 0 radical (unpaired) electrons. The number of hydrogen-bond donors (Lipinski definition) is 1. The predicted molar refractivity (Wildman–Crippen MR) is 61.7 cm³/mol. The van der Waals surface area contributed by atoms with Gasteiger partial charge in [0.1, 0.15) is 11.6 Å². The van der Waals surface area contributed by atoms with Crippen LogP contribution in [0.25, 0.3) is 11.4 Å². The first-order chi connectivity index (χ1) is 7.70. The molecule has 2 rings (SSSR count). The molecule has 0 saturated carbocycles. The van der Waals surface area contributed by atoms with E-state index >= 15 is 0 Å². The largest absolute Gasteiger partial charge is 0.373 e. The van der Waals surface area contributed by atoms with E-state index < -0.39 is 0 Å². The molecule has 0 spiro atoms. The van der Waals surface area contributed by atoms with Crippen LogP contribution in [0.15, 0.2) is 30.5 Å². The second-order valence-electron chi connectivity index (χ2n) is 3.49. The molecule has 0 bridgehead atoms. The maximum absolute atomic E-state index is 13.0. The lowest BCUT2D eigenvalue weighted by Crippen LogP contribution is -1.99. The minimum Gasteiger partial charge on any atom is -0.373 e. The number of aryl methyl sites for hydroxylation is 1. The van der Waals surface area contributed by atoms with Crippen LogP contribution < -0.4 is 5.32 Å². The number of rotatable bonds is 2. The van der Waals surface area contributed by atoms with Gasteiger partial charge < -0.3 is 5.32 Å². The second kappa shape index (κ2) is 4.26. The van der Waals surface area contributed by atoms with Crippen LogP contribution in [0, 0.1) is 12.7 Å². The molecular formula is C12H12FN3. The SMILES string of the molecule is CNc1nc(-c2cccc(F)c2)ncc1C. The van der Waals surface area contributed by atoms with E-state index in [2.05, 4.69) is 15.3 Å². The quantitative estimate of drug-likeness (QED) is 0.840. The van der Waals surface area contributed by atoms with E-state index in [0.29, 0.717) is 11.4 Å². The van der Waals surface area contributed by atoms with Gasteiger partial charge in [-0.1, -0.05) is 12.1 Å². The molecule has 82 valence electrons. The Morgan fingerprint density at radius 1 is 1.31 bits per heavy atom. The molecule has 0 amide bonds. The van der Waals surface area contributed by atoms with Crippen LogP contribution >= 0.6 is 0 Å². The van der Waals surface area contributed by atoms with Crippen LogP contribution in [0.2, 0.25) is 0 Å². The fourth-order valence-corrected chi connectivity index (χ4v) is 1.46. The van der Waals surface area contributed by atoms with E-state index in [-0.39, 0.29) is 5.82 Å². The maximum Gasteiger partial charge on any atom is 0.161 e. The van der Waals surface area contributed by atoms with Crippen molar-refractivity contribution in [3.63, 3.8) is 0 Å². The Bertz CT molecular complexity index is 511. The van der Waals surface area contributed by atoms with Gasteiger partial charge >= 0.3 is 0 Å². The molecule has 1 aromatic carbocycles. The Morgan fingerprint density at radius 3 is 2.81 bits per heavy atom. The summed E-state index contributed by atoms with van der Waals surface area (Å²) in [6.07, 6.45) is 1.72. The number of hydrogen-bond acceptors (Lipinski definition) is 3. The zero-order valence-corrected chi connectivity index (χ0v) is 9.16. The van der Waals surface area contributed by atoms with E-state index in [4.69, 9.17) is 0 Å². The summed E-state index contributed by atoms with van der Waals surface area (Å²) in [6, 6.07) is 6.25. The Morgan fingerprint density at radius 2 is 2.12 bits per heavy atom. The molecule has 0 aliphatic heterocycles. The number of nitrogens with zero attached hydrogens (tertiary/aromatic N) is 2. The summed E-state index contributed by atoms with van der Waals surface area (Å²) >= 11 is 0. The highest BCUT2D eigenvalue weighted by molar-refractivity contribution is 5.58. The third kappa shape index (κ3) is 2.00. The molecule has 0 aliphatic carbocycles. The lowest BCUT2D eigenvalue weighted by atomic mass is 10.2. The van der Waals surface area contributed by atoms with Crippen molar-refractivity contribution in [2.75, 3.05) is 12.4 Å². The number of anilines is 1. The minimum absolute atomic E-state index is 0.285. The fraction of sp³-hybridized carbons (Fsp3) is 0.167. The summed E-state index contributed by atoms with van der Waals surface area (Å²) in [5, 5.41) is 2.98. The van der Waals surface area contributed by atoms with E-state index in [1.807, 2.05) is 6.92 Å². The van der Waals surface area contributed by atoms with Gasteiger partial charge in [-0.3, -0.25) is 0 Å². The van der Waals surface area contributed by atoms with E-state index in [0.717, 1.165) is 11.4 Å². The lowest BCUT2D eigenvalue weighted by molar-refractivity contribution is 0.628. The van der Waals surface area contributed by atoms with Gasteiger partial charge in [0.2, 0.25) is 0 Å². The summed E-state index contributed by atoms with van der Waals surface area (Å²) in [6.45, 7) is 1.92. The molecule has 16 heavy (non-hydrogen) atoms. The molecule has 0 unspecified atom stereocenters. The van der Waals surface area contributed by atoms with Crippen LogP contribution in [0.5, 0.6) is 0 Å². The number of benzene rings is 1. The third-order valence-corrected chi connectivity index (χ3v) is 2.29. The molecule has 0 fully saturated rings. The molecular weight excluding hydrogens is 205 g/mol. The van der Waals surface area contributed by atoms with Crippen molar-refractivity contribution in [1.29, 1.82) is 0 Å². The van der Waals surface area contributed by atoms with Gasteiger partial charge in [0.15, 0.2) is 5.82 Å². The first-order valence-electron chi connectivity index (χ1n) is 4.98. The van der Waals surface area contributed by atoms with Crippen LogP contribution in [-0.4, -0.2) is 17.0 Å². The molecule has 1 heterocycles. The average molecular weight is 217 g/mol. The van der Waals surface area contributed by atoms with Crippen molar-refractivity contribution in [2.24, 2.45) is 0 Å². The van der Waals surface area contributed by atoms with Gasteiger partial charge in [0.05, 0.1) is 0 Å². The summed E-state index contributed by atoms with van der Waals surface area (Å²) in [5.41, 5.74) is 1.64. The van der Waals surface area contributed by atoms with Crippen molar-refractivity contribution in [2.45, 2.75) is 6.92 Å². The molecule has 4 heteroatoms. The maximum atomic E-state index is 13.0. The van der Waals surface area contributed by atoms with Crippen LogP contribution in [0.3, 0.4) is 0 Å². The molecule has 0 saturated heterocycles. The highest BCUT2D eigenvalue weighted by Gasteiger charge is 2.05.